The molecule has 0 heterocycles. The van der Waals surface area contributed by atoms with Crippen LogP contribution in [0.3, 0.4) is 0 Å². The molecular weight excluding hydrogens is 364 g/mol. The van der Waals surface area contributed by atoms with Crippen molar-refractivity contribution in [1.82, 2.24) is 4.31 Å². The average molecular weight is 391 g/mol. The number of aryl methyl sites for hydroxylation is 1. The Morgan fingerprint density at radius 2 is 1.81 bits per heavy atom. The Kier molecular flexibility index (Phi) is 6.62. The van der Waals surface area contributed by atoms with Gasteiger partial charge in [0.2, 0.25) is 10.0 Å². The first-order valence-corrected chi connectivity index (χ1v) is 10.2. The summed E-state index contributed by atoms with van der Waals surface area (Å²) in [6.07, 6.45) is 1.51. The van der Waals surface area contributed by atoms with Crippen LogP contribution in [0, 0.1) is 13.8 Å². The molecule has 0 unspecified atom stereocenters. The molecule has 0 aliphatic heterocycles. The third-order valence-corrected chi connectivity index (χ3v) is 6.56. The van der Waals surface area contributed by atoms with E-state index >= 15 is 0 Å². The number of hydrogen-bond donors (Lipinski definition) is 1. The largest absolute Gasteiger partial charge is 0.507 e. The van der Waals surface area contributed by atoms with Gasteiger partial charge < -0.3 is 9.84 Å². The van der Waals surface area contributed by atoms with Crippen LogP contribution in [-0.4, -0.2) is 44.2 Å². The van der Waals surface area contributed by atoms with Crippen LogP contribution in [-0.2, 0) is 10.0 Å². The second-order valence-electron chi connectivity index (χ2n) is 6.16. The zero-order chi connectivity index (χ0) is 20.2. The summed E-state index contributed by atoms with van der Waals surface area (Å²) in [6.45, 7) is 8.18. The average Bonchev–Trinajstić information content (AvgIpc) is 2.64. The van der Waals surface area contributed by atoms with E-state index in [0.717, 1.165) is 11.1 Å². The van der Waals surface area contributed by atoms with Gasteiger partial charge >= 0.3 is 0 Å². The zero-order valence-corrected chi connectivity index (χ0v) is 17.2. The number of ether oxygens (including phenoxy) is 1. The predicted molar refractivity (Wildman–Crippen MR) is 108 cm³/mol. The second-order valence-corrected chi connectivity index (χ2v) is 8.09. The lowest BCUT2D eigenvalue weighted by atomic mass is 10.1. The van der Waals surface area contributed by atoms with E-state index in [4.69, 9.17) is 4.74 Å². The van der Waals surface area contributed by atoms with E-state index in [-0.39, 0.29) is 10.6 Å². The van der Waals surface area contributed by atoms with Crippen molar-refractivity contribution in [1.29, 1.82) is 0 Å². The highest BCUT2D eigenvalue weighted by atomic mass is 32.2. The van der Waals surface area contributed by atoms with Crippen LogP contribution in [0.2, 0.25) is 0 Å². The molecule has 0 saturated heterocycles. The van der Waals surface area contributed by atoms with Gasteiger partial charge in [0.25, 0.3) is 0 Å². The minimum Gasteiger partial charge on any atom is -0.507 e. The lowest BCUT2D eigenvalue weighted by Gasteiger charge is -2.19. The van der Waals surface area contributed by atoms with Crippen LogP contribution in [0.15, 0.2) is 40.2 Å². The minimum absolute atomic E-state index is 0.0702. The van der Waals surface area contributed by atoms with Crippen molar-refractivity contribution in [3.05, 3.63) is 47.0 Å². The highest BCUT2D eigenvalue weighted by Crippen LogP contribution is 2.29. The van der Waals surface area contributed by atoms with Crippen molar-refractivity contribution in [2.45, 2.75) is 32.6 Å². The van der Waals surface area contributed by atoms with Crippen LogP contribution in [0.4, 0.5) is 5.69 Å². The molecule has 146 valence electrons. The number of aromatic hydroxyl groups is 1. The molecule has 27 heavy (non-hydrogen) atoms. The van der Waals surface area contributed by atoms with Gasteiger partial charge in [-0.25, -0.2) is 8.42 Å². The highest BCUT2D eigenvalue weighted by Gasteiger charge is 2.23. The molecule has 0 fully saturated rings. The van der Waals surface area contributed by atoms with Gasteiger partial charge in [-0.05, 0) is 55.3 Å². The summed E-state index contributed by atoms with van der Waals surface area (Å²) in [5.74, 6) is 0.667. The molecule has 0 amide bonds. The van der Waals surface area contributed by atoms with E-state index in [9.17, 15) is 13.5 Å². The van der Waals surface area contributed by atoms with Gasteiger partial charge in [0.1, 0.15) is 11.5 Å². The Bertz CT molecular complexity index is 949. The molecule has 2 aromatic carbocycles. The molecule has 0 radical (unpaired) electrons. The Hall–Kier alpha value is -2.38. The molecule has 0 atom stereocenters. The highest BCUT2D eigenvalue weighted by molar-refractivity contribution is 7.89. The molecular formula is C20H26N2O4S. The van der Waals surface area contributed by atoms with Crippen LogP contribution in [0.25, 0.3) is 0 Å². The van der Waals surface area contributed by atoms with E-state index in [0.29, 0.717) is 30.1 Å². The number of phenols is 1. The number of methoxy groups -OCH3 is 1. The Balaban J connectivity index is 2.51. The summed E-state index contributed by atoms with van der Waals surface area (Å²) in [4.78, 5) is 4.65. The molecule has 0 aromatic heterocycles. The van der Waals surface area contributed by atoms with Gasteiger partial charge in [0.15, 0.2) is 0 Å². The summed E-state index contributed by atoms with van der Waals surface area (Å²) >= 11 is 0. The quantitative estimate of drug-likeness (QED) is 0.730. The Labute approximate surface area is 161 Å². The first-order chi connectivity index (χ1) is 12.7. The number of phenolic OH excluding ortho intramolecular Hbond substituents is 1. The van der Waals surface area contributed by atoms with Gasteiger partial charge in [-0.3, -0.25) is 4.99 Å². The third kappa shape index (κ3) is 4.48. The van der Waals surface area contributed by atoms with E-state index in [1.165, 1.54) is 16.6 Å². The first-order valence-electron chi connectivity index (χ1n) is 8.77. The van der Waals surface area contributed by atoms with Crippen LogP contribution >= 0.6 is 0 Å². The van der Waals surface area contributed by atoms with Crippen molar-refractivity contribution in [2.75, 3.05) is 20.2 Å². The molecule has 0 aliphatic carbocycles. The maximum atomic E-state index is 12.8. The molecule has 7 heteroatoms. The number of hydrogen-bond acceptors (Lipinski definition) is 5. The number of aliphatic imine (C=N–C) groups is 1. The van der Waals surface area contributed by atoms with Crippen molar-refractivity contribution in [3.63, 3.8) is 0 Å². The van der Waals surface area contributed by atoms with Gasteiger partial charge in [-0.2, -0.15) is 4.31 Å². The van der Waals surface area contributed by atoms with Crippen molar-refractivity contribution >= 4 is 21.9 Å². The molecule has 0 spiro atoms. The fraction of sp³-hybridized carbons (Fsp3) is 0.350. The molecule has 0 bridgehead atoms. The fourth-order valence-electron chi connectivity index (χ4n) is 2.71. The summed E-state index contributed by atoms with van der Waals surface area (Å²) in [7, 11) is -2.03. The van der Waals surface area contributed by atoms with E-state index in [1.807, 2.05) is 27.7 Å². The fourth-order valence-corrected chi connectivity index (χ4v) is 4.27. The third-order valence-electron chi connectivity index (χ3n) is 4.53. The predicted octanol–water partition coefficient (Wildman–Crippen LogP) is 3.80. The Morgan fingerprint density at radius 3 is 2.41 bits per heavy atom. The lowest BCUT2D eigenvalue weighted by molar-refractivity contribution is 0.412. The summed E-state index contributed by atoms with van der Waals surface area (Å²) in [5.41, 5.74) is 2.75. The van der Waals surface area contributed by atoms with Crippen molar-refractivity contribution in [2.24, 2.45) is 4.99 Å². The summed E-state index contributed by atoms with van der Waals surface area (Å²) < 4.78 is 32.3. The van der Waals surface area contributed by atoms with Crippen molar-refractivity contribution < 1.29 is 18.3 Å². The maximum Gasteiger partial charge on any atom is 0.243 e. The lowest BCUT2D eigenvalue weighted by Crippen LogP contribution is -2.30. The molecule has 1 N–H and O–H groups in total. The monoisotopic (exact) mass is 390 g/mol. The molecule has 6 nitrogen and oxygen atoms in total. The molecule has 0 aliphatic rings. The van der Waals surface area contributed by atoms with Crippen molar-refractivity contribution in [3.8, 4) is 11.5 Å². The topological polar surface area (TPSA) is 79.2 Å². The van der Waals surface area contributed by atoms with Crippen LogP contribution < -0.4 is 4.74 Å². The SMILES string of the molecule is CCN(CC)S(=O)(=O)c1cc(C)c(C)c(N=Cc2cc(OC)ccc2O)c1. The summed E-state index contributed by atoms with van der Waals surface area (Å²) in [5, 5.41) is 10.0. The normalized spacial score (nSPS) is 12.1. The smallest absolute Gasteiger partial charge is 0.243 e. The van der Waals surface area contributed by atoms with Crippen LogP contribution in [0.5, 0.6) is 11.5 Å². The van der Waals surface area contributed by atoms with E-state index in [1.54, 1.807) is 31.4 Å². The number of rotatable bonds is 7. The zero-order valence-electron chi connectivity index (χ0n) is 16.4. The summed E-state index contributed by atoms with van der Waals surface area (Å²) in [6, 6.07) is 8.09. The minimum atomic E-state index is -3.57. The number of nitrogens with zero attached hydrogens (tertiary/aromatic N) is 2. The number of sulfonamides is 1. The van der Waals surface area contributed by atoms with Gasteiger partial charge in [0, 0.05) is 24.9 Å². The van der Waals surface area contributed by atoms with Gasteiger partial charge in [-0.1, -0.05) is 13.8 Å². The van der Waals surface area contributed by atoms with Gasteiger partial charge in [-0.15, -0.1) is 0 Å². The first kappa shape index (κ1) is 20.9. The van der Waals surface area contributed by atoms with Crippen LogP contribution in [0.1, 0.15) is 30.5 Å². The standard InChI is InChI=1S/C20H26N2O4S/c1-6-22(7-2)27(24,25)18-10-14(3)15(4)19(12-18)21-13-16-11-17(26-5)8-9-20(16)23/h8-13,23H,6-7H2,1-5H3. The maximum absolute atomic E-state index is 12.8. The van der Waals surface area contributed by atoms with E-state index < -0.39 is 10.0 Å². The second kappa shape index (κ2) is 8.54. The van der Waals surface area contributed by atoms with E-state index in [2.05, 4.69) is 4.99 Å². The molecule has 2 aromatic rings. The van der Waals surface area contributed by atoms with Gasteiger partial charge in [0.05, 0.1) is 17.7 Å². The molecule has 0 saturated carbocycles. The number of benzene rings is 2. The molecule has 2 rings (SSSR count). The Morgan fingerprint density at radius 1 is 1.15 bits per heavy atom.